The predicted octanol–water partition coefficient (Wildman–Crippen LogP) is 5.37. The summed E-state index contributed by atoms with van der Waals surface area (Å²) in [6, 6.07) is 24.9. The highest BCUT2D eigenvalue weighted by Crippen LogP contribution is 2.45. The third-order valence-electron chi connectivity index (χ3n) is 7.76. The van der Waals surface area contributed by atoms with E-state index in [9.17, 15) is 14.4 Å². The lowest BCUT2D eigenvalue weighted by Crippen LogP contribution is -2.50. The van der Waals surface area contributed by atoms with Crippen molar-refractivity contribution >= 4 is 34.8 Å². The number of imidazole rings is 1. The molecule has 0 bridgehead atoms. The fourth-order valence-electron chi connectivity index (χ4n) is 5.49. The summed E-state index contributed by atoms with van der Waals surface area (Å²) >= 11 is 0. The Morgan fingerprint density at radius 1 is 0.917 bits per heavy atom. The Morgan fingerprint density at radius 3 is 2.10 bits per heavy atom. The molecule has 3 aromatic carbocycles. The summed E-state index contributed by atoms with van der Waals surface area (Å²) < 4.78 is 26.0. The third kappa shape index (κ3) is 6.23. The highest BCUT2D eigenvalue weighted by atomic mass is 16.7. The minimum Gasteiger partial charge on any atom is -0.459 e. The fraction of sp³-hybridized carbons (Fsp3) is 0.212. The molecule has 1 N–H and O–H groups in total. The second-order valence-corrected chi connectivity index (χ2v) is 10.9. The number of aryl methyl sites for hydroxylation is 1. The van der Waals surface area contributed by atoms with Crippen LogP contribution in [-0.2, 0) is 18.9 Å². The van der Waals surface area contributed by atoms with Crippen LogP contribution < -0.4 is 5.43 Å². The van der Waals surface area contributed by atoms with Crippen LogP contribution in [0.15, 0.2) is 103 Å². The monoisotopic (exact) mass is 648 g/mol. The number of nitrogens with zero attached hydrogens (tertiary/aromatic N) is 7. The molecule has 0 unspecified atom stereocenters. The van der Waals surface area contributed by atoms with E-state index in [1.165, 1.54) is 6.33 Å². The largest absolute Gasteiger partial charge is 0.459 e. The Kier molecular flexibility index (Phi) is 8.96. The molecule has 0 radical (unpaired) electrons. The molecule has 0 amide bonds. The van der Waals surface area contributed by atoms with E-state index in [-0.39, 0.29) is 29.1 Å². The molecule has 0 spiro atoms. The standard InChI is InChI=1S/C33H28N8O7/c1-20-26-25(28(37-36-20)38-40-39-34)35-19-41(26)32-33(2,48-31(44)23-16-10-5-11-17-23)27(47-30(43)22-14-8-4-9-15-22)24(46-32)18-45-29(42)21-12-6-3-7-13-21/h3-17,19,24,27,32H,18H2,1-2H3,(H,37,38)/t24-,27-,32-,33-/m1/s1. The SMILES string of the molecule is Cc1nnc(NN=[N+]=[N-])c2ncn([C@@H]3O[C@H](COC(=O)c4ccccc4)[C@@H](OC(=O)c4ccccc4)[C@@]3(C)OC(=O)c3ccccc3)c12. The van der Waals surface area contributed by atoms with Crippen molar-refractivity contribution in [3.63, 3.8) is 0 Å². The van der Waals surface area contributed by atoms with Gasteiger partial charge in [-0.05, 0) is 55.5 Å². The van der Waals surface area contributed by atoms with Gasteiger partial charge in [0.1, 0.15) is 12.7 Å². The van der Waals surface area contributed by atoms with E-state index in [4.69, 9.17) is 24.5 Å². The maximum absolute atomic E-state index is 13.7. The van der Waals surface area contributed by atoms with Crippen molar-refractivity contribution in [2.24, 2.45) is 5.22 Å². The quantitative estimate of drug-likeness (QED) is 0.0511. The van der Waals surface area contributed by atoms with Gasteiger partial charge in [0.25, 0.3) is 5.82 Å². The second-order valence-electron chi connectivity index (χ2n) is 10.9. The lowest BCUT2D eigenvalue weighted by Gasteiger charge is -2.35. The lowest BCUT2D eigenvalue weighted by atomic mass is 9.95. The molecule has 5 aromatic rings. The number of rotatable bonds is 10. The smallest absolute Gasteiger partial charge is 0.338 e. The van der Waals surface area contributed by atoms with Crippen molar-refractivity contribution in [1.82, 2.24) is 19.7 Å². The maximum Gasteiger partial charge on any atom is 0.338 e. The molecule has 1 saturated heterocycles. The van der Waals surface area contributed by atoms with Gasteiger partial charge in [0.05, 0.1) is 34.2 Å². The summed E-state index contributed by atoms with van der Waals surface area (Å²) in [5.74, 6) is -2.01. The first-order chi connectivity index (χ1) is 23.3. The molecule has 0 saturated carbocycles. The number of aromatic nitrogens is 4. The van der Waals surface area contributed by atoms with Gasteiger partial charge in [-0.25, -0.2) is 24.8 Å². The van der Waals surface area contributed by atoms with Gasteiger partial charge in [0.15, 0.2) is 23.4 Å². The number of fused-ring (bicyclic) bond motifs is 1. The number of azide groups is 1. The van der Waals surface area contributed by atoms with E-state index in [0.29, 0.717) is 16.8 Å². The molecule has 6 rings (SSSR count). The molecule has 1 aliphatic rings. The van der Waals surface area contributed by atoms with Crippen LogP contribution in [0.5, 0.6) is 0 Å². The Morgan fingerprint density at radius 2 is 1.50 bits per heavy atom. The van der Waals surface area contributed by atoms with Crippen LogP contribution in [0.2, 0.25) is 0 Å². The summed E-state index contributed by atoms with van der Waals surface area (Å²) in [6.45, 7) is 2.87. The first-order valence-corrected chi connectivity index (χ1v) is 14.7. The van der Waals surface area contributed by atoms with Crippen LogP contribution >= 0.6 is 0 Å². The van der Waals surface area contributed by atoms with Crippen LogP contribution in [0, 0.1) is 6.92 Å². The number of carbonyl (C=O) groups excluding carboxylic acids is 3. The molecular weight excluding hydrogens is 620 g/mol. The number of esters is 3. The third-order valence-corrected chi connectivity index (χ3v) is 7.76. The highest BCUT2D eigenvalue weighted by Gasteiger charge is 2.60. The van der Waals surface area contributed by atoms with Gasteiger partial charge in [-0.1, -0.05) is 54.6 Å². The van der Waals surface area contributed by atoms with Gasteiger partial charge in [0, 0.05) is 0 Å². The molecule has 3 heterocycles. The van der Waals surface area contributed by atoms with Crippen molar-refractivity contribution in [3.05, 3.63) is 130 Å². The van der Waals surface area contributed by atoms with Crippen LogP contribution in [0.3, 0.4) is 0 Å². The Labute approximate surface area is 273 Å². The minimum absolute atomic E-state index is 0.0635. The summed E-state index contributed by atoms with van der Waals surface area (Å²) in [6.07, 6.45) is -2.23. The molecule has 48 heavy (non-hydrogen) atoms. The summed E-state index contributed by atoms with van der Waals surface area (Å²) in [5, 5.41) is 11.6. The van der Waals surface area contributed by atoms with Gasteiger partial charge in [0.2, 0.25) is 0 Å². The first-order valence-electron chi connectivity index (χ1n) is 14.7. The van der Waals surface area contributed by atoms with E-state index in [1.54, 1.807) is 109 Å². The maximum atomic E-state index is 13.7. The van der Waals surface area contributed by atoms with Crippen molar-refractivity contribution in [3.8, 4) is 0 Å². The molecule has 15 nitrogen and oxygen atoms in total. The van der Waals surface area contributed by atoms with Crippen LogP contribution in [0.1, 0.15) is 49.9 Å². The van der Waals surface area contributed by atoms with E-state index in [1.807, 2.05) is 0 Å². The number of carbonyl (C=O) groups is 3. The fourth-order valence-corrected chi connectivity index (χ4v) is 5.49. The average Bonchev–Trinajstić information content (AvgIpc) is 3.67. The van der Waals surface area contributed by atoms with E-state index in [0.717, 1.165) is 0 Å². The Hall–Kier alpha value is -6.31. The zero-order valence-electron chi connectivity index (χ0n) is 25.7. The van der Waals surface area contributed by atoms with Gasteiger partial charge < -0.3 is 18.9 Å². The number of benzene rings is 3. The predicted molar refractivity (Wildman–Crippen MR) is 169 cm³/mol. The zero-order valence-corrected chi connectivity index (χ0v) is 25.7. The minimum atomic E-state index is -1.75. The van der Waals surface area contributed by atoms with Crippen LogP contribution in [-0.4, -0.2) is 62.1 Å². The van der Waals surface area contributed by atoms with Gasteiger partial charge >= 0.3 is 17.9 Å². The summed E-state index contributed by atoms with van der Waals surface area (Å²) in [5.41, 5.74) is 11.4. The number of anilines is 1. The number of hydrogen-bond acceptors (Lipinski definition) is 11. The molecule has 1 aliphatic heterocycles. The van der Waals surface area contributed by atoms with Gasteiger partial charge in [-0.2, -0.15) is 4.91 Å². The molecule has 242 valence electrons. The van der Waals surface area contributed by atoms with Crippen molar-refractivity contribution in [2.45, 2.75) is 37.9 Å². The van der Waals surface area contributed by atoms with Crippen molar-refractivity contribution in [1.29, 1.82) is 0 Å². The van der Waals surface area contributed by atoms with E-state index in [2.05, 4.69) is 30.7 Å². The summed E-state index contributed by atoms with van der Waals surface area (Å²) in [4.78, 5) is 47.4. The molecule has 1 fully saturated rings. The average molecular weight is 649 g/mol. The van der Waals surface area contributed by atoms with E-state index < -0.39 is 41.9 Å². The molecule has 0 aliphatic carbocycles. The Bertz CT molecular complexity index is 2000. The Balaban J connectivity index is 1.45. The number of hydrogen-bond donors (Lipinski definition) is 1. The van der Waals surface area contributed by atoms with Crippen LogP contribution in [0.25, 0.3) is 21.5 Å². The molecule has 2 aromatic heterocycles. The highest BCUT2D eigenvalue weighted by molar-refractivity contribution is 5.91. The first kappa shape index (κ1) is 31.7. The number of ether oxygens (including phenoxy) is 4. The molecular formula is C33H28N8O7. The molecule has 4 atom stereocenters. The van der Waals surface area contributed by atoms with Gasteiger partial charge in [-0.3, -0.25) is 4.57 Å². The zero-order chi connectivity index (χ0) is 33.7. The van der Waals surface area contributed by atoms with Crippen LogP contribution in [0.4, 0.5) is 5.82 Å². The molecule has 15 heteroatoms. The number of nitrogens with one attached hydrogen (secondary N) is 1. The second kappa shape index (κ2) is 13.6. The van der Waals surface area contributed by atoms with Crippen molar-refractivity contribution < 1.29 is 33.3 Å². The van der Waals surface area contributed by atoms with Crippen molar-refractivity contribution in [2.75, 3.05) is 12.0 Å². The van der Waals surface area contributed by atoms with Gasteiger partial charge in [-0.15, -0.1) is 15.7 Å². The topological polar surface area (TPSA) is 193 Å². The van der Waals surface area contributed by atoms with E-state index >= 15 is 0 Å². The lowest BCUT2D eigenvalue weighted by molar-refractivity contribution is -0.108. The normalized spacial score (nSPS) is 20.0. The summed E-state index contributed by atoms with van der Waals surface area (Å²) in [7, 11) is 0.